The average Bonchev–Trinajstić information content (AvgIpc) is 2.83. The fourth-order valence-corrected chi connectivity index (χ4v) is 3.99. The Morgan fingerprint density at radius 2 is 1.06 bits per heavy atom. The lowest BCUT2D eigenvalue weighted by Crippen LogP contribution is -2.00. The predicted octanol–water partition coefficient (Wildman–Crippen LogP) is 5.89. The molecule has 0 fully saturated rings. The molecule has 0 saturated carbocycles. The number of rotatable bonds is 7. The lowest BCUT2D eigenvalue weighted by molar-refractivity contribution is 0.414. The standard InChI is InChI=1S/C29H28O4/c1-19-3-5-22(6-4-19)17-27-28(31)23(15-20-7-11-25(30)12-8-20)18-24(29(27)32)16-21-9-13-26(33-2)14-10-21/h3-14,18,30-32H,15-17H2,1-2H3. The lowest BCUT2D eigenvalue weighted by Gasteiger charge is -2.17. The molecule has 0 aromatic heterocycles. The van der Waals surface area contributed by atoms with Crippen LogP contribution in [-0.4, -0.2) is 22.4 Å². The molecule has 0 aliphatic rings. The number of aromatic hydroxyl groups is 3. The highest BCUT2D eigenvalue weighted by Gasteiger charge is 2.18. The van der Waals surface area contributed by atoms with E-state index in [-0.39, 0.29) is 17.2 Å². The zero-order chi connectivity index (χ0) is 23.4. The maximum absolute atomic E-state index is 11.2. The van der Waals surface area contributed by atoms with Gasteiger partial charge in [0.2, 0.25) is 0 Å². The lowest BCUT2D eigenvalue weighted by atomic mass is 9.91. The highest BCUT2D eigenvalue weighted by Crippen LogP contribution is 2.38. The van der Waals surface area contributed by atoms with Crippen molar-refractivity contribution in [2.24, 2.45) is 0 Å². The second-order valence-electron chi connectivity index (χ2n) is 8.40. The molecule has 0 unspecified atom stereocenters. The summed E-state index contributed by atoms with van der Waals surface area (Å²) in [7, 11) is 1.63. The number of benzene rings is 4. The molecule has 0 radical (unpaired) electrons. The smallest absolute Gasteiger partial charge is 0.126 e. The molecule has 4 heteroatoms. The Hall–Kier alpha value is -3.92. The summed E-state index contributed by atoms with van der Waals surface area (Å²) in [6, 6.07) is 24.7. The van der Waals surface area contributed by atoms with Crippen molar-refractivity contribution in [2.45, 2.75) is 26.2 Å². The molecule has 168 valence electrons. The number of hydrogen-bond donors (Lipinski definition) is 3. The van der Waals surface area contributed by atoms with Crippen molar-refractivity contribution in [1.82, 2.24) is 0 Å². The third-order valence-electron chi connectivity index (χ3n) is 5.91. The van der Waals surface area contributed by atoms with Gasteiger partial charge in [0.25, 0.3) is 0 Å². The molecular weight excluding hydrogens is 412 g/mol. The van der Waals surface area contributed by atoms with Crippen LogP contribution in [0, 0.1) is 6.92 Å². The van der Waals surface area contributed by atoms with Gasteiger partial charge in [0.1, 0.15) is 23.0 Å². The molecule has 4 aromatic carbocycles. The van der Waals surface area contributed by atoms with E-state index in [1.807, 2.05) is 73.7 Å². The first-order valence-corrected chi connectivity index (χ1v) is 10.9. The molecule has 33 heavy (non-hydrogen) atoms. The van der Waals surface area contributed by atoms with Crippen molar-refractivity contribution < 1.29 is 20.1 Å². The predicted molar refractivity (Wildman–Crippen MR) is 130 cm³/mol. The third-order valence-corrected chi connectivity index (χ3v) is 5.91. The van der Waals surface area contributed by atoms with Crippen LogP contribution in [0.1, 0.15) is 38.9 Å². The van der Waals surface area contributed by atoms with Crippen LogP contribution in [0.25, 0.3) is 0 Å². The molecule has 0 aliphatic carbocycles. The van der Waals surface area contributed by atoms with E-state index in [9.17, 15) is 15.3 Å². The van der Waals surface area contributed by atoms with Gasteiger partial charge in [-0.15, -0.1) is 0 Å². The van der Waals surface area contributed by atoms with Gasteiger partial charge < -0.3 is 20.1 Å². The van der Waals surface area contributed by atoms with Gasteiger partial charge in [-0.05, 0) is 65.1 Å². The van der Waals surface area contributed by atoms with E-state index in [1.165, 1.54) is 0 Å². The van der Waals surface area contributed by atoms with E-state index in [1.54, 1.807) is 19.2 Å². The van der Waals surface area contributed by atoms with Crippen molar-refractivity contribution in [3.8, 4) is 23.0 Å². The van der Waals surface area contributed by atoms with Gasteiger partial charge >= 0.3 is 0 Å². The summed E-state index contributed by atoms with van der Waals surface area (Å²) >= 11 is 0. The zero-order valence-electron chi connectivity index (χ0n) is 18.9. The average molecular weight is 441 g/mol. The molecule has 0 spiro atoms. The SMILES string of the molecule is COc1ccc(Cc2cc(Cc3ccc(O)cc3)c(O)c(Cc3ccc(C)cc3)c2O)cc1. The molecule has 4 aromatic rings. The summed E-state index contributed by atoms with van der Waals surface area (Å²) < 4.78 is 5.25. The van der Waals surface area contributed by atoms with Crippen molar-refractivity contribution >= 4 is 0 Å². The molecule has 0 amide bonds. The van der Waals surface area contributed by atoms with Crippen LogP contribution in [-0.2, 0) is 19.3 Å². The minimum absolute atomic E-state index is 0.111. The maximum Gasteiger partial charge on any atom is 0.126 e. The van der Waals surface area contributed by atoms with Crippen LogP contribution in [0.4, 0.5) is 0 Å². The van der Waals surface area contributed by atoms with Gasteiger partial charge in [-0.25, -0.2) is 0 Å². The van der Waals surface area contributed by atoms with Crippen LogP contribution in [0.15, 0.2) is 78.9 Å². The molecule has 0 atom stereocenters. The summed E-state index contributed by atoms with van der Waals surface area (Å²) in [5, 5.41) is 31.9. The Labute approximate surface area is 194 Å². The summed E-state index contributed by atoms with van der Waals surface area (Å²) in [6.07, 6.45) is 1.44. The number of aryl methyl sites for hydroxylation is 1. The molecular formula is C29H28O4. The summed E-state index contributed by atoms with van der Waals surface area (Å²) in [6.45, 7) is 2.03. The van der Waals surface area contributed by atoms with Crippen LogP contribution >= 0.6 is 0 Å². The van der Waals surface area contributed by atoms with Gasteiger partial charge in [0.15, 0.2) is 0 Å². The Morgan fingerprint density at radius 3 is 1.58 bits per heavy atom. The molecule has 0 heterocycles. The first-order chi connectivity index (χ1) is 15.9. The number of phenols is 3. The third kappa shape index (κ3) is 5.29. The first-order valence-electron chi connectivity index (χ1n) is 10.9. The number of phenolic OH excluding ortho intramolecular Hbond substituents is 3. The van der Waals surface area contributed by atoms with E-state index >= 15 is 0 Å². The second-order valence-corrected chi connectivity index (χ2v) is 8.40. The van der Waals surface area contributed by atoms with Crippen molar-refractivity contribution in [3.63, 3.8) is 0 Å². The minimum atomic E-state index is 0.111. The zero-order valence-corrected chi connectivity index (χ0v) is 18.9. The van der Waals surface area contributed by atoms with Gasteiger partial charge in [0, 0.05) is 24.8 Å². The van der Waals surface area contributed by atoms with Crippen molar-refractivity contribution in [2.75, 3.05) is 7.11 Å². The van der Waals surface area contributed by atoms with Gasteiger partial charge in [0.05, 0.1) is 7.11 Å². The highest BCUT2D eigenvalue weighted by molar-refractivity contribution is 5.57. The summed E-state index contributed by atoms with van der Waals surface area (Å²) in [5.74, 6) is 1.22. The monoisotopic (exact) mass is 440 g/mol. The molecule has 4 rings (SSSR count). The maximum atomic E-state index is 11.2. The summed E-state index contributed by atoms with van der Waals surface area (Å²) in [4.78, 5) is 0. The minimum Gasteiger partial charge on any atom is -0.508 e. The first kappa shape index (κ1) is 22.3. The van der Waals surface area contributed by atoms with Crippen LogP contribution < -0.4 is 4.74 Å². The highest BCUT2D eigenvalue weighted by atomic mass is 16.5. The Balaban J connectivity index is 1.74. The Bertz CT molecular complexity index is 1220. The van der Waals surface area contributed by atoms with Crippen molar-refractivity contribution in [1.29, 1.82) is 0 Å². The fourth-order valence-electron chi connectivity index (χ4n) is 3.99. The van der Waals surface area contributed by atoms with Crippen LogP contribution in [0.2, 0.25) is 0 Å². The van der Waals surface area contributed by atoms with E-state index in [0.29, 0.717) is 24.8 Å². The van der Waals surface area contributed by atoms with E-state index in [4.69, 9.17) is 4.74 Å². The van der Waals surface area contributed by atoms with Gasteiger partial charge in [-0.2, -0.15) is 0 Å². The quantitative estimate of drug-likeness (QED) is 0.335. The van der Waals surface area contributed by atoms with Crippen molar-refractivity contribution in [3.05, 3.63) is 118 Å². The number of hydrogen-bond acceptors (Lipinski definition) is 4. The molecule has 3 N–H and O–H groups in total. The van der Waals surface area contributed by atoms with E-state index in [2.05, 4.69) is 0 Å². The number of methoxy groups -OCH3 is 1. The normalized spacial score (nSPS) is 10.8. The Kier molecular flexibility index (Phi) is 6.55. The molecule has 0 bridgehead atoms. The van der Waals surface area contributed by atoms with Crippen LogP contribution in [0.3, 0.4) is 0 Å². The Morgan fingerprint density at radius 1 is 0.606 bits per heavy atom. The molecule has 0 saturated heterocycles. The largest absolute Gasteiger partial charge is 0.508 e. The topological polar surface area (TPSA) is 69.9 Å². The molecule has 0 aliphatic heterocycles. The van der Waals surface area contributed by atoms with Gasteiger partial charge in [-0.1, -0.05) is 54.1 Å². The van der Waals surface area contributed by atoms with E-state index in [0.717, 1.165) is 39.1 Å². The second kappa shape index (κ2) is 9.70. The van der Waals surface area contributed by atoms with E-state index < -0.39 is 0 Å². The molecule has 4 nitrogen and oxygen atoms in total. The summed E-state index contributed by atoms with van der Waals surface area (Å²) in [5.41, 5.74) is 6.20. The van der Waals surface area contributed by atoms with Gasteiger partial charge in [-0.3, -0.25) is 0 Å². The van der Waals surface area contributed by atoms with Crippen LogP contribution in [0.5, 0.6) is 23.0 Å². The number of ether oxygens (including phenoxy) is 1. The fraction of sp³-hybridized carbons (Fsp3) is 0.172.